The first-order valence-electron chi connectivity index (χ1n) is 7.03. The summed E-state index contributed by atoms with van der Waals surface area (Å²) < 4.78 is 31.3. The van der Waals surface area contributed by atoms with Gasteiger partial charge in [-0.15, -0.1) is 0 Å². The molecule has 1 aromatic rings. The first kappa shape index (κ1) is 14.5. The molecule has 2 rings (SSSR count). The van der Waals surface area contributed by atoms with Crippen molar-refractivity contribution in [1.82, 2.24) is 9.46 Å². The average molecular weight is 286 g/mol. The van der Waals surface area contributed by atoms with Gasteiger partial charge in [0.2, 0.25) is 10.0 Å². The van der Waals surface area contributed by atoms with Gasteiger partial charge in [-0.1, -0.05) is 19.0 Å². The van der Waals surface area contributed by atoms with Crippen molar-refractivity contribution in [3.8, 4) is 0 Å². The third-order valence-corrected chi connectivity index (χ3v) is 5.51. The van der Waals surface area contributed by atoms with Crippen LogP contribution in [0, 0.1) is 0 Å². The van der Waals surface area contributed by atoms with Crippen molar-refractivity contribution >= 4 is 10.0 Å². The maximum atomic E-state index is 12.2. The maximum Gasteiger partial charge on any atom is 0.214 e. The van der Waals surface area contributed by atoms with E-state index in [2.05, 4.69) is 12.1 Å². The Balaban J connectivity index is 2.18. The van der Waals surface area contributed by atoms with Crippen molar-refractivity contribution in [3.05, 3.63) is 17.5 Å². The minimum Gasteiger partial charge on any atom is -0.361 e. The molecule has 1 fully saturated rings. The van der Waals surface area contributed by atoms with E-state index in [1.54, 1.807) is 4.31 Å². The lowest BCUT2D eigenvalue weighted by Gasteiger charge is -2.21. The minimum atomic E-state index is -3.16. The molecule has 6 heteroatoms. The molecule has 0 N–H and O–H groups in total. The molecule has 0 unspecified atom stereocenters. The summed E-state index contributed by atoms with van der Waals surface area (Å²) >= 11 is 0. The van der Waals surface area contributed by atoms with Gasteiger partial charge in [0.05, 0.1) is 11.8 Å². The molecule has 19 heavy (non-hydrogen) atoms. The van der Waals surface area contributed by atoms with E-state index in [1.807, 2.05) is 13.0 Å². The lowest BCUT2D eigenvalue weighted by atomic mass is 10.1. The Hall–Kier alpha value is -0.880. The highest BCUT2D eigenvalue weighted by molar-refractivity contribution is 7.89. The van der Waals surface area contributed by atoms with Gasteiger partial charge in [-0.2, -0.15) is 4.31 Å². The summed E-state index contributed by atoms with van der Waals surface area (Å²) in [5.41, 5.74) is 0.764. The fourth-order valence-corrected chi connectivity index (χ4v) is 4.35. The first-order chi connectivity index (χ1) is 9.08. The van der Waals surface area contributed by atoms with Gasteiger partial charge in [0.15, 0.2) is 0 Å². The van der Waals surface area contributed by atoms with E-state index in [0.717, 1.165) is 37.1 Å². The zero-order valence-corrected chi connectivity index (χ0v) is 12.4. The van der Waals surface area contributed by atoms with Crippen molar-refractivity contribution in [2.75, 3.05) is 12.3 Å². The van der Waals surface area contributed by atoms with Gasteiger partial charge in [-0.25, -0.2) is 8.42 Å². The van der Waals surface area contributed by atoms with Gasteiger partial charge in [-0.05, 0) is 25.7 Å². The molecule has 0 radical (unpaired) electrons. The quantitative estimate of drug-likeness (QED) is 0.806. The second-order valence-corrected chi connectivity index (χ2v) is 7.09. The molecule has 0 amide bonds. The summed E-state index contributed by atoms with van der Waals surface area (Å²) in [5, 5.41) is 4.06. The van der Waals surface area contributed by atoms with E-state index in [1.165, 1.54) is 0 Å². The third kappa shape index (κ3) is 3.17. The number of hydrogen-bond acceptors (Lipinski definition) is 4. The lowest BCUT2D eigenvalue weighted by Crippen LogP contribution is -2.32. The lowest BCUT2D eigenvalue weighted by molar-refractivity contribution is 0.343. The third-order valence-electron chi connectivity index (χ3n) is 3.44. The van der Waals surface area contributed by atoms with Gasteiger partial charge >= 0.3 is 0 Å². The van der Waals surface area contributed by atoms with Crippen LogP contribution in [0.25, 0.3) is 0 Å². The zero-order valence-electron chi connectivity index (χ0n) is 11.6. The number of nitrogens with zero attached hydrogens (tertiary/aromatic N) is 2. The van der Waals surface area contributed by atoms with Crippen LogP contribution in [0.3, 0.4) is 0 Å². The number of aromatic nitrogens is 1. The fraction of sp³-hybridized carbons (Fsp3) is 0.769. The molecule has 1 atom stereocenters. The molecule has 0 aromatic carbocycles. The summed E-state index contributed by atoms with van der Waals surface area (Å²) in [7, 11) is -3.16. The van der Waals surface area contributed by atoms with Crippen LogP contribution >= 0.6 is 0 Å². The van der Waals surface area contributed by atoms with Crippen molar-refractivity contribution in [1.29, 1.82) is 0 Å². The van der Waals surface area contributed by atoms with Crippen LogP contribution in [0.2, 0.25) is 0 Å². The highest BCUT2D eigenvalue weighted by Gasteiger charge is 2.36. The molecule has 0 aliphatic carbocycles. The normalized spacial score (nSPS) is 21.1. The van der Waals surface area contributed by atoms with Crippen LogP contribution in [-0.2, 0) is 16.4 Å². The number of rotatable bonds is 6. The first-order valence-corrected chi connectivity index (χ1v) is 8.64. The van der Waals surface area contributed by atoms with Crippen molar-refractivity contribution < 1.29 is 12.9 Å². The summed E-state index contributed by atoms with van der Waals surface area (Å²) in [6.07, 6.45) is 4.22. The highest BCUT2D eigenvalue weighted by Crippen LogP contribution is 2.34. The Kier molecular flexibility index (Phi) is 4.62. The van der Waals surface area contributed by atoms with E-state index in [0.29, 0.717) is 13.0 Å². The maximum absolute atomic E-state index is 12.2. The predicted molar refractivity (Wildman–Crippen MR) is 73.3 cm³/mol. The van der Waals surface area contributed by atoms with Crippen molar-refractivity contribution in [2.45, 2.75) is 52.0 Å². The van der Waals surface area contributed by atoms with Gasteiger partial charge in [0.25, 0.3) is 0 Å². The Morgan fingerprint density at radius 3 is 2.89 bits per heavy atom. The van der Waals surface area contributed by atoms with Crippen LogP contribution < -0.4 is 0 Å². The smallest absolute Gasteiger partial charge is 0.214 e. The second kappa shape index (κ2) is 6.05. The summed E-state index contributed by atoms with van der Waals surface area (Å²) in [5.74, 6) is 1.06. The summed E-state index contributed by atoms with van der Waals surface area (Å²) in [6.45, 7) is 4.57. The van der Waals surface area contributed by atoms with E-state index in [9.17, 15) is 8.42 Å². The Morgan fingerprint density at radius 1 is 1.42 bits per heavy atom. The molecular formula is C13H22N2O3S. The molecular weight excluding hydrogens is 264 g/mol. The number of aryl methyl sites for hydroxylation is 1. The van der Waals surface area contributed by atoms with Gasteiger partial charge in [0, 0.05) is 19.0 Å². The molecule has 5 nitrogen and oxygen atoms in total. The predicted octanol–water partition coefficient (Wildman–Crippen LogP) is 2.50. The van der Waals surface area contributed by atoms with Gasteiger partial charge < -0.3 is 4.52 Å². The SMILES string of the molecule is CCCc1cc([C@@H]2CCCN2S(=O)(=O)CCC)no1. The standard InChI is InChI=1S/C13H22N2O3S/c1-3-6-11-10-12(14-18-11)13-7-5-8-15(13)19(16,17)9-4-2/h10,13H,3-9H2,1-2H3/t13-/m0/s1. The topological polar surface area (TPSA) is 63.4 Å². The average Bonchev–Trinajstić information content (AvgIpc) is 2.96. The van der Waals surface area contributed by atoms with E-state index >= 15 is 0 Å². The van der Waals surface area contributed by atoms with Gasteiger partial charge in [0.1, 0.15) is 11.5 Å². The Bertz CT molecular complexity index is 510. The van der Waals surface area contributed by atoms with E-state index < -0.39 is 10.0 Å². The van der Waals surface area contributed by atoms with Crippen LogP contribution in [0.15, 0.2) is 10.6 Å². The summed E-state index contributed by atoms with van der Waals surface area (Å²) in [4.78, 5) is 0. The minimum absolute atomic E-state index is 0.133. The molecule has 108 valence electrons. The van der Waals surface area contributed by atoms with Crippen LogP contribution in [-0.4, -0.2) is 30.2 Å². The fourth-order valence-electron chi connectivity index (χ4n) is 2.59. The molecule has 2 heterocycles. The van der Waals surface area contributed by atoms with E-state index in [4.69, 9.17) is 4.52 Å². The van der Waals surface area contributed by atoms with Crippen molar-refractivity contribution in [3.63, 3.8) is 0 Å². The highest BCUT2D eigenvalue weighted by atomic mass is 32.2. The van der Waals surface area contributed by atoms with Gasteiger partial charge in [-0.3, -0.25) is 0 Å². The molecule has 1 aliphatic heterocycles. The van der Waals surface area contributed by atoms with Crippen LogP contribution in [0.5, 0.6) is 0 Å². The van der Waals surface area contributed by atoms with Crippen LogP contribution in [0.1, 0.15) is 57.0 Å². The van der Waals surface area contributed by atoms with Crippen LogP contribution in [0.4, 0.5) is 0 Å². The number of hydrogen-bond donors (Lipinski definition) is 0. The monoisotopic (exact) mass is 286 g/mol. The molecule has 1 aliphatic rings. The summed E-state index contributed by atoms with van der Waals surface area (Å²) in [6, 6.07) is 1.78. The molecule has 0 bridgehead atoms. The molecule has 1 saturated heterocycles. The van der Waals surface area contributed by atoms with E-state index in [-0.39, 0.29) is 11.8 Å². The number of sulfonamides is 1. The Labute approximate surface area is 115 Å². The largest absolute Gasteiger partial charge is 0.361 e. The Morgan fingerprint density at radius 2 is 2.21 bits per heavy atom. The second-order valence-electron chi connectivity index (χ2n) is 5.05. The molecule has 0 spiro atoms. The zero-order chi connectivity index (χ0) is 13.9. The molecule has 1 aromatic heterocycles. The van der Waals surface area contributed by atoms with Crippen molar-refractivity contribution in [2.24, 2.45) is 0 Å². The molecule has 0 saturated carbocycles.